The summed E-state index contributed by atoms with van der Waals surface area (Å²) in [5.74, 6) is 1.12. The van der Waals surface area contributed by atoms with E-state index in [-0.39, 0.29) is 11.6 Å². The predicted octanol–water partition coefficient (Wildman–Crippen LogP) is 4.38. The van der Waals surface area contributed by atoms with Gasteiger partial charge in [-0.25, -0.2) is 9.78 Å². The third kappa shape index (κ3) is 5.14. The van der Waals surface area contributed by atoms with Crippen molar-refractivity contribution in [2.75, 3.05) is 26.1 Å². The van der Waals surface area contributed by atoms with Gasteiger partial charge >= 0.3 is 5.97 Å². The van der Waals surface area contributed by atoms with Crippen LogP contribution in [0.1, 0.15) is 5.82 Å². The third-order valence-corrected chi connectivity index (χ3v) is 4.05. The van der Waals surface area contributed by atoms with Gasteiger partial charge in [-0.05, 0) is 30.2 Å². The monoisotopic (exact) mass is 405 g/mol. The Hall–Kier alpha value is -3.87. The summed E-state index contributed by atoms with van der Waals surface area (Å²) in [5.41, 5.74) is 2.06. The zero-order valence-electron chi connectivity index (χ0n) is 17.3. The van der Waals surface area contributed by atoms with Crippen molar-refractivity contribution >= 4 is 11.8 Å². The first-order chi connectivity index (χ1) is 14.5. The van der Waals surface area contributed by atoms with Gasteiger partial charge in [0.25, 0.3) is 5.88 Å². The van der Waals surface area contributed by atoms with Gasteiger partial charge in [0.2, 0.25) is 5.75 Å². The number of hydrogen-bond donors (Lipinski definition) is 0. The summed E-state index contributed by atoms with van der Waals surface area (Å²) in [5, 5.41) is 0. The number of rotatable bonds is 7. The van der Waals surface area contributed by atoms with Gasteiger partial charge in [0.15, 0.2) is 5.82 Å². The highest BCUT2D eigenvalue weighted by Gasteiger charge is 2.21. The highest BCUT2D eigenvalue weighted by Crippen LogP contribution is 2.37. The van der Waals surface area contributed by atoms with Crippen LogP contribution in [0.25, 0.3) is 11.1 Å². The van der Waals surface area contributed by atoms with Crippen molar-refractivity contribution in [1.29, 1.82) is 0 Å². The van der Waals surface area contributed by atoms with Crippen molar-refractivity contribution in [1.82, 2.24) is 9.97 Å². The van der Waals surface area contributed by atoms with Gasteiger partial charge in [0, 0.05) is 14.1 Å². The standard InChI is InChI=1S/C23H23N3O4/c1-16-24-22(26(2)3)21(30-20(27)13-14-28-4)23(25-16)29-19-12-8-11-18(15-19)17-9-6-5-7-10-17/h5-15H,1-4H3. The molecule has 0 aliphatic heterocycles. The molecular weight excluding hydrogens is 382 g/mol. The molecular formula is C23H23N3O4. The van der Waals surface area contributed by atoms with E-state index in [1.165, 1.54) is 19.4 Å². The van der Waals surface area contributed by atoms with E-state index in [0.29, 0.717) is 17.4 Å². The molecule has 0 amide bonds. The lowest BCUT2D eigenvalue weighted by Crippen LogP contribution is -2.16. The molecule has 1 heterocycles. The number of methoxy groups -OCH3 is 1. The molecule has 7 heteroatoms. The lowest BCUT2D eigenvalue weighted by molar-refractivity contribution is -0.129. The molecule has 0 fully saturated rings. The average Bonchev–Trinajstić information content (AvgIpc) is 2.74. The summed E-state index contributed by atoms with van der Waals surface area (Å²) in [4.78, 5) is 22.6. The van der Waals surface area contributed by atoms with E-state index in [2.05, 4.69) is 9.97 Å². The summed E-state index contributed by atoms with van der Waals surface area (Å²) in [6.45, 7) is 1.75. The van der Waals surface area contributed by atoms with Crippen LogP contribution in [0.4, 0.5) is 5.82 Å². The number of anilines is 1. The van der Waals surface area contributed by atoms with E-state index in [1.807, 2.05) is 54.6 Å². The van der Waals surface area contributed by atoms with Crippen LogP contribution in [0.3, 0.4) is 0 Å². The molecule has 0 N–H and O–H groups in total. The average molecular weight is 405 g/mol. The second-order valence-electron chi connectivity index (χ2n) is 6.58. The van der Waals surface area contributed by atoms with Crippen LogP contribution < -0.4 is 14.4 Å². The SMILES string of the molecule is COC=CC(=O)Oc1c(Oc2cccc(-c3ccccc3)c2)nc(C)nc1N(C)C. The normalized spacial score (nSPS) is 10.7. The minimum atomic E-state index is -0.629. The Balaban J connectivity index is 1.99. The predicted molar refractivity (Wildman–Crippen MR) is 115 cm³/mol. The molecule has 3 aromatic rings. The molecule has 1 aromatic heterocycles. The van der Waals surface area contributed by atoms with Crippen LogP contribution in [0.15, 0.2) is 66.9 Å². The molecule has 30 heavy (non-hydrogen) atoms. The summed E-state index contributed by atoms with van der Waals surface area (Å²) in [6.07, 6.45) is 2.40. The number of hydrogen-bond acceptors (Lipinski definition) is 7. The summed E-state index contributed by atoms with van der Waals surface area (Å²) in [6, 6.07) is 17.6. The quantitative estimate of drug-likeness (QED) is 0.328. The van der Waals surface area contributed by atoms with E-state index in [0.717, 1.165) is 11.1 Å². The van der Waals surface area contributed by atoms with Gasteiger partial charge in [-0.3, -0.25) is 0 Å². The number of esters is 1. The van der Waals surface area contributed by atoms with Gasteiger partial charge in [-0.1, -0.05) is 42.5 Å². The summed E-state index contributed by atoms with van der Waals surface area (Å²) < 4.78 is 16.3. The zero-order chi connectivity index (χ0) is 21.5. The summed E-state index contributed by atoms with van der Waals surface area (Å²) >= 11 is 0. The Morgan fingerprint density at radius 1 is 1.00 bits per heavy atom. The van der Waals surface area contributed by atoms with Crippen molar-refractivity contribution in [3.8, 4) is 28.5 Å². The molecule has 0 atom stereocenters. The number of ether oxygens (including phenoxy) is 3. The smallest absolute Gasteiger partial charge is 0.339 e. The Bertz CT molecular complexity index is 1050. The van der Waals surface area contributed by atoms with Gasteiger partial charge in [-0.15, -0.1) is 0 Å². The van der Waals surface area contributed by atoms with Crippen molar-refractivity contribution in [2.24, 2.45) is 0 Å². The number of carbonyl (C=O) groups is 1. The minimum Gasteiger partial charge on any atom is -0.504 e. The zero-order valence-corrected chi connectivity index (χ0v) is 17.3. The Morgan fingerprint density at radius 2 is 1.73 bits per heavy atom. The first-order valence-electron chi connectivity index (χ1n) is 9.28. The van der Waals surface area contributed by atoms with Crippen LogP contribution in [0.2, 0.25) is 0 Å². The van der Waals surface area contributed by atoms with Crippen LogP contribution in [0.5, 0.6) is 17.4 Å². The highest BCUT2D eigenvalue weighted by molar-refractivity contribution is 5.85. The maximum atomic E-state index is 12.2. The van der Waals surface area contributed by atoms with Gasteiger partial charge in [0.05, 0.1) is 19.4 Å². The van der Waals surface area contributed by atoms with Crippen LogP contribution in [0, 0.1) is 6.92 Å². The first kappa shape index (κ1) is 20.9. The molecule has 0 aliphatic carbocycles. The van der Waals surface area contributed by atoms with E-state index in [9.17, 15) is 4.79 Å². The molecule has 0 aliphatic rings. The van der Waals surface area contributed by atoms with E-state index in [4.69, 9.17) is 14.2 Å². The molecule has 3 rings (SSSR count). The van der Waals surface area contributed by atoms with Crippen LogP contribution in [-0.4, -0.2) is 37.1 Å². The van der Waals surface area contributed by atoms with Crippen molar-refractivity contribution in [2.45, 2.75) is 6.92 Å². The lowest BCUT2D eigenvalue weighted by atomic mass is 10.1. The fraction of sp³-hybridized carbons (Fsp3) is 0.174. The summed E-state index contributed by atoms with van der Waals surface area (Å²) in [7, 11) is 5.03. The first-order valence-corrected chi connectivity index (χ1v) is 9.28. The molecule has 154 valence electrons. The second-order valence-corrected chi connectivity index (χ2v) is 6.58. The minimum absolute atomic E-state index is 0.126. The maximum absolute atomic E-state index is 12.2. The molecule has 0 bridgehead atoms. The Labute approximate surface area is 175 Å². The number of carbonyl (C=O) groups excluding carboxylic acids is 1. The molecule has 0 radical (unpaired) electrons. The topological polar surface area (TPSA) is 73.8 Å². The fourth-order valence-corrected chi connectivity index (χ4v) is 2.72. The van der Waals surface area contributed by atoms with Crippen LogP contribution >= 0.6 is 0 Å². The number of aromatic nitrogens is 2. The van der Waals surface area contributed by atoms with Crippen LogP contribution in [-0.2, 0) is 9.53 Å². The third-order valence-electron chi connectivity index (χ3n) is 4.05. The molecule has 0 saturated carbocycles. The molecule has 2 aromatic carbocycles. The Kier molecular flexibility index (Phi) is 6.64. The van der Waals surface area contributed by atoms with Gasteiger partial charge in [-0.2, -0.15) is 4.98 Å². The molecule has 7 nitrogen and oxygen atoms in total. The van der Waals surface area contributed by atoms with Crippen molar-refractivity contribution < 1.29 is 19.0 Å². The van der Waals surface area contributed by atoms with Crippen molar-refractivity contribution in [3.63, 3.8) is 0 Å². The lowest BCUT2D eigenvalue weighted by Gasteiger charge is -2.18. The number of aryl methyl sites for hydroxylation is 1. The highest BCUT2D eigenvalue weighted by atomic mass is 16.6. The number of benzene rings is 2. The largest absolute Gasteiger partial charge is 0.504 e. The molecule has 0 unspecified atom stereocenters. The fourth-order valence-electron chi connectivity index (χ4n) is 2.72. The Morgan fingerprint density at radius 3 is 2.43 bits per heavy atom. The van der Waals surface area contributed by atoms with Crippen molar-refractivity contribution in [3.05, 3.63) is 72.8 Å². The number of nitrogens with zero attached hydrogens (tertiary/aromatic N) is 3. The molecule has 0 spiro atoms. The van der Waals surface area contributed by atoms with E-state index in [1.54, 1.807) is 25.9 Å². The molecule has 0 saturated heterocycles. The van der Waals surface area contributed by atoms with Gasteiger partial charge in [0.1, 0.15) is 11.6 Å². The van der Waals surface area contributed by atoms with E-state index < -0.39 is 5.97 Å². The van der Waals surface area contributed by atoms with Gasteiger partial charge < -0.3 is 19.1 Å². The maximum Gasteiger partial charge on any atom is 0.339 e. The second kappa shape index (κ2) is 9.56. The van der Waals surface area contributed by atoms with E-state index >= 15 is 0 Å².